The summed E-state index contributed by atoms with van der Waals surface area (Å²) in [4.78, 5) is 11.6. The summed E-state index contributed by atoms with van der Waals surface area (Å²) < 4.78 is 33.1. The zero-order valence-electron chi connectivity index (χ0n) is 17.1. The van der Waals surface area contributed by atoms with E-state index in [2.05, 4.69) is 10.0 Å². The van der Waals surface area contributed by atoms with Gasteiger partial charge in [0, 0.05) is 12.5 Å². The number of hydrogen-bond donors (Lipinski definition) is 2. The van der Waals surface area contributed by atoms with Gasteiger partial charge < -0.3 is 10.1 Å². The molecule has 1 aromatic rings. The molecule has 0 atom stereocenters. The molecule has 0 aromatic heterocycles. The third-order valence-electron chi connectivity index (χ3n) is 6.15. The molecule has 2 aliphatic rings. The van der Waals surface area contributed by atoms with Crippen molar-refractivity contribution in [3.05, 3.63) is 29.8 Å². The number of carbonyl (C=O) groups excluding carboxylic acids is 1. The molecule has 0 unspecified atom stereocenters. The standard InChI is InChI=1S/C21H32N2O4S.ClH/c1-27-21(24)11-4-16-2-7-19(8-3-16)23-28(25,26)20-9-5-17(6-10-20)18-12-14-22-15-13-18;/h5-6,9-10,16,18-19,22-23H,2-4,7-8,11-15H2,1H3;1H/t16-,19-;. The summed E-state index contributed by atoms with van der Waals surface area (Å²) in [7, 11) is -2.08. The number of ether oxygens (including phenoxy) is 1. The van der Waals surface area contributed by atoms with Crippen LogP contribution in [-0.4, -0.2) is 40.6 Å². The SMILES string of the molecule is COC(=O)CC[C@H]1CC[C@H](NS(=O)(=O)c2ccc(C3CCNCC3)cc2)CC1.Cl. The maximum atomic E-state index is 12.7. The quantitative estimate of drug-likeness (QED) is 0.630. The minimum atomic E-state index is -3.49. The number of rotatable bonds is 7. The highest BCUT2D eigenvalue weighted by atomic mass is 35.5. The largest absolute Gasteiger partial charge is 0.469 e. The number of esters is 1. The molecular formula is C21H33ClN2O4S. The van der Waals surface area contributed by atoms with Crippen LogP contribution in [-0.2, 0) is 19.6 Å². The van der Waals surface area contributed by atoms with Crippen molar-refractivity contribution in [3.63, 3.8) is 0 Å². The number of nitrogens with one attached hydrogen (secondary N) is 2. The van der Waals surface area contributed by atoms with Crippen molar-refractivity contribution in [2.45, 2.75) is 68.2 Å². The molecule has 6 nitrogen and oxygen atoms in total. The maximum Gasteiger partial charge on any atom is 0.305 e. The van der Waals surface area contributed by atoms with E-state index in [9.17, 15) is 13.2 Å². The first-order valence-corrected chi connectivity index (χ1v) is 11.9. The molecule has 8 heteroatoms. The Hall–Kier alpha value is -1.15. The van der Waals surface area contributed by atoms with Gasteiger partial charge in [-0.3, -0.25) is 4.79 Å². The number of benzene rings is 1. The Morgan fingerprint density at radius 1 is 1.07 bits per heavy atom. The van der Waals surface area contributed by atoms with Gasteiger partial charge in [0.2, 0.25) is 10.0 Å². The van der Waals surface area contributed by atoms with Gasteiger partial charge in [0.05, 0.1) is 12.0 Å². The van der Waals surface area contributed by atoms with E-state index >= 15 is 0 Å². The van der Waals surface area contributed by atoms with Gasteiger partial charge in [-0.25, -0.2) is 13.1 Å². The van der Waals surface area contributed by atoms with Crippen LogP contribution >= 0.6 is 12.4 Å². The molecule has 1 aliphatic heterocycles. The van der Waals surface area contributed by atoms with Crippen molar-refractivity contribution in [3.8, 4) is 0 Å². The van der Waals surface area contributed by atoms with Crippen molar-refractivity contribution in [2.75, 3.05) is 20.2 Å². The van der Waals surface area contributed by atoms with Crippen LogP contribution in [0.4, 0.5) is 0 Å². The third kappa shape index (κ3) is 6.95. The van der Waals surface area contributed by atoms with Gasteiger partial charge >= 0.3 is 5.97 Å². The second kappa shape index (κ2) is 11.3. The lowest BCUT2D eigenvalue weighted by Crippen LogP contribution is -2.37. The molecule has 0 bridgehead atoms. The lowest BCUT2D eigenvalue weighted by molar-refractivity contribution is -0.141. The van der Waals surface area contributed by atoms with Gasteiger partial charge in [-0.05, 0) is 87.6 Å². The van der Waals surface area contributed by atoms with Crippen LogP contribution in [0.15, 0.2) is 29.2 Å². The fraction of sp³-hybridized carbons (Fsp3) is 0.667. The Morgan fingerprint density at radius 2 is 1.69 bits per heavy atom. The fourth-order valence-corrected chi connectivity index (χ4v) is 5.66. The van der Waals surface area contributed by atoms with Gasteiger partial charge in [-0.15, -0.1) is 12.4 Å². The van der Waals surface area contributed by atoms with Crippen LogP contribution in [0.1, 0.15) is 62.8 Å². The van der Waals surface area contributed by atoms with Gasteiger partial charge in [-0.1, -0.05) is 12.1 Å². The number of halogens is 1. The Bertz CT molecular complexity index is 740. The highest BCUT2D eigenvalue weighted by molar-refractivity contribution is 7.89. The predicted molar refractivity (Wildman–Crippen MR) is 116 cm³/mol. The molecule has 1 saturated carbocycles. The first-order valence-electron chi connectivity index (χ1n) is 10.4. The summed E-state index contributed by atoms with van der Waals surface area (Å²) in [6.45, 7) is 2.04. The highest BCUT2D eigenvalue weighted by Gasteiger charge is 2.26. The molecule has 2 N–H and O–H groups in total. The van der Waals surface area contributed by atoms with E-state index in [1.165, 1.54) is 12.7 Å². The molecule has 0 spiro atoms. The minimum Gasteiger partial charge on any atom is -0.469 e. The normalized spacial score (nSPS) is 23.2. The van der Waals surface area contributed by atoms with E-state index in [0.29, 0.717) is 23.2 Å². The molecule has 0 radical (unpaired) electrons. The summed E-state index contributed by atoms with van der Waals surface area (Å²) in [6.07, 6.45) is 6.99. The minimum absolute atomic E-state index is 0. The highest BCUT2D eigenvalue weighted by Crippen LogP contribution is 2.29. The monoisotopic (exact) mass is 444 g/mol. The van der Waals surface area contributed by atoms with Crippen molar-refractivity contribution in [1.29, 1.82) is 0 Å². The van der Waals surface area contributed by atoms with Crippen LogP contribution in [0.25, 0.3) is 0 Å². The Balaban J connectivity index is 0.00000300. The predicted octanol–water partition coefficient (Wildman–Crippen LogP) is 3.37. The second-order valence-corrected chi connectivity index (χ2v) is 9.76. The second-order valence-electron chi connectivity index (χ2n) is 8.05. The molecule has 2 fully saturated rings. The summed E-state index contributed by atoms with van der Waals surface area (Å²) in [5.74, 6) is 0.825. The van der Waals surface area contributed by atoms with E-state index < -0.39 is 10.0 Å². The van der Waals surface area contributed by atoms with Crippen LogP contribution in [0.5, 0.6) is 0 Å². The third-order valence-corrected chi connectivity index (χ3v) is 7.69. The van der Waals surface area contributed by atoms with Crippen molar-refractivity contribution < 1.29 is 17.9 Å². The molecule has 3 rings (SSSR count). The lowest BCUT2D eigenvalue weighted by atomic mass is 9.84. The molecule has 1 aliphatic carbocycles. The summed E-state index contributed by atoms with van der Waals surface area (Å²) in [5, 5.41) is 3.36. The van der Waals surface area contributed by atoms with Gasteiger partial charge in [-0.2, -0.15) is 0 Å². The number of piperidine rings is 1. The number of hydrogen-bond acceptors (Lipinski definition) is 5. The molecule has 1 aromatic carbocycles. The van der Waals surface area contributed by atoms with Crippen LogP contribution in [0.2, 0.25) is 0 Å². The smallest absolute Gasteiger partial charge is 0.305 e. The van der Waals surface area contributed by atoms with Crippen molar-refractivity contribution >= 4 is 28.4 Å². The maximum absolute atomic E-state index is 12.7. The topological polar surface area (TPSA) is 84.5 Å². The van der Waals surface area contributed by atoms with Crippen LogP contribution < -0.4 is 10.0 Å². The molecule has 29 heavy (non-hydrogen) atoms. The number of methoxy groups -OCH3 is 1. The van der Waals surface area contributed by atoms with E-state index in [1.54, 1.807) is 12.1 Å². The van der Waals surface area contributed by atoms with E-state index in [1.807, 2.05) is 12.1 Å². The Labute approximate surface area is 180 Å². The molecular weight excluding hydrogens is 412 g/mol. The lowest BCUT2D eigenvalue weighted by Gasteiger charge is -2.28. The van der Waals surface area contributed by atoms with E-state index in [-0.39, 0.29) is 24.4 Å². The fourth-order valence-electron chi connectivity index (χ4n) is 4.35. The van der Waals surface area contributed by atoms with Crippen molar-refractivity contribution in [2.24, 2.45) is 5.92 Å². The van der Waals surface area contributed by atoms with E-state index in [0.717, 1.165) is 58.0 Å². The first kappa shape index (κ1) is 24.1. The first-order chi connectivity index (χ1) is 13.5. The molecule has 0 amide bonds. The summed E-state index contributed by atoms with van der Waals surface area (Å²) in [6, 6.07) is 7.38. The molecule has 1 heterocycles. The molecule has 1 saturated heterocycles. The average molecular weight is 445 g/mol. The zero-order valence-corrected chi connectivity index (χ0v) is 18.7. The zero-order chi connectivity index (χ0) is 20.0. The van der Waals surface area contributed by atoms with Crippen LogP contribution in [0, 0.1) is 5.92 Å². The van der Waals surface area contributed by atoms with Gasteiger partial charge in [0.25, 0.3) is 0 Å². The number of carbonyl (C=O) groups is 1. The van der Waals surface area contributed by atoms with Gasteiger partial charge in [0.15, 0.2) is 0 Å². The summed E-state index contributed by atoms with van der Waals surface area (Å²) >= 11 is 0. The van der Waals surface area contributed by atoms with Crippen molar-refractivity contribution in [1.82, 2.24) is 10.0 Å². The Morgan fingerprint density at radius 3 is 2.28 bits per heavy atom. The van der Waals surface area contributed by atoms with Gasteiger partial charge in [0.1, 0.15) is 0 Å². The summed E-state index contributed by atoms with van der Waals surface area (Å²) in [5.41, 5.74) is 1.23. The number of sulfonamides is 1. The Kier molecular flexibility index (Phi) is 9.40. The average Bonchev–Trinajstić information content (AvgIpc) is 2.73. The molecule has 164 valence electrons. The van der Waals surface area contributed by atoms with E-state index in [4.69, 9.17) is 4.74 Å². The van der Waals surface area contributed by atoms with Crippen LogP contribution in [0.3, 0.4) is 0 Å².